The van der Waals surface area contributed by atoms with Crippen LogP contribution in [0, 0.1) is 29.6 Å². The molecule has 3 aromatic rings. The van der Waals surface area contributed by atoms with E-state index >= 15 is 0 Å². The van der Waals surface area contributed by atoms with E-state index in [1.54, 1.807) is 56.5 Å². The van der Waals surface area contributed by atoms with E-state index in [2.05, 4.69) is 11.1 Å². The largest absolute Gasteiger partial charge is 0.496 e. The molecule has 0 fully saturated rings. The van der Waals surface area contributed by atoms with Gasteiger partial charge in [-0.1, -0.05) is 6.07 Å². The van der Waals surface area contributed by atoms with E-state index < -0.39 is 5.56 Å². The van der Waals surface area contributed by atoms with Crippen LogP contribution in [0.3, 0.4) is 0 Å². The molecule has 6 nitrogen and oxygen atoms in total. The number of nitrogens with one attached hydrogen (secondary N) is 1. The molecule has 0 aliphatic heterocycles. The molecular formula is C22H17N3O3. The summed E-state index contributed by atoms with van der Waals surface area (Å²) in [6.07, 6.45) is 0. The lowest BCUT2D eigenvalue weighted by molar-refractivity contribution is 0.297. The second-order valence-corrected chi connectivity index (χ2v) is 6.13. The predicted octanol–water partition coefficient (Wildman–Crippen LogP) is 3.68. The van der Waals surface area contributed by atoms with Crippen molar-refractivity contribution in [3.63, 3.8) is 0 Å². The van der Waals surface area contributed by atoms with Gasteiger partial charge in [-0.2, -0.15) is 10.5 Å². The average Bonchev–Trinajstić information content (AvgIpc) is 2.72. The Morgan fingerprint density at radius 2 is 1.79 bits per heavy atom. The summed E-state index contributed by atoms with van der Waals surface area (Å²) >= 11 is 0. The predicted molar refractivity (Wildman–Crippen MR) is 104 cm³/mol. The van der Waals surface area contributed by atoms with Crippen LogP contribution in [0.4, 0.5) is 0 Å². The molecule has 0 unspecified atom stereocenters. The van der Waals surface area contributed by atoms with Crippen molar-refractivity contribution in [2.45, 2.75) is 13.5 Å². The van der Waals surface area contributed by atoms with Crippen molar-refractivity contribution < 1.29 is 9.47 Å². The zero-order chi connectivity index (χ0) is 20.1. The molecule has 1 N–H and O–H groups in total. The zero-order valence-corrected chi connectivity index (χ0v) is 15.4. The topological polar surface area (TPSA) is 98.9 Å². The third kappa shape index (κ3) is 3.87. The number of aromatic nitrogens is 1. The van der Waals surface area contributed by atoms with Gasteiger partial charge < -0.3 is 14.5 Å². The maximum Gasteiger partial charge on any atom is 0.266 e. The standard InChI is InChI=1S/C22H17N3O3/c1-14-9-19(20(12-24)22(26)25-14)16-5-8-21(27-2)17(10-16)13-28-18-6-3-15(11-23)4-7-18/h3-10H,13H2,1-2H3,(H,25,26). The van der Waals surface area contributed by atoms with Gasteiger partial charge in [0, 0.05) is 16.8 Å². The van der Waals surface area contributed by atoms with Crippen LogP contribution in [0.15, 0.2) is 53.3 Å². The Labute approximate surface area is 162 Å². The third-order valence-electron chi connectivity index (χ3n) is 4.25. The maximum absolute atomic E-state index is 12.1. The monoisotopic (exact) mass is 371 g/mol. The van der Waals surface area contributed by atoms with Gasteiger partial charge in [-0.3, -0.25) is 4.79 Å². The van der Waals surface area contributed by atoms with Crippen molar-refractivity contribution in [3.05, 3.63) is 81.3 Å². The van der Waals surface area contributed by atoms with Gasteiger partial charge in [0.15, 0.2) is 0 Å². The molecule has 6 heteroatoms. The fourth-order valence-corrected chi connectivity index (χ4v) is 2.87. The lowest BCUT2D eigenvalue weighted by Gasteiger charge is -2.13. The van der Waals surface area contributed by atoms with E-state index in [0.29, 0.717) is 28.3 Å². The SMILES string of the molecule is COc1ccc(-c2cc(C)[nH]c(=O)c2C#N)cc1COc1ccc(C#N)cc1. The van der Waals surface area contributed by atoms with E-state index in [9.17, 15) is 10.1 Å². The second-order valence-electron chi connectivity index (χ2n) is 6.13. The van der Waals surface area contributed by atoms with Crippen LogP contribution >= 0.6 is 0 Å². The van der Waals surface area contributed by atoms with Gasteiger partial charge >= 0.3 is 0 Å². The number of hydrogen-bond acceptors (Lipinski definition) is 5. The first-order chi connectivity index (χ1) is 13.5. The molecule has 1 aromatic heterocycles. The van der Waals surface area contributed by atoms with Gasteiger partial charge in [-0.05, 0) is 55.0 Å². The molecule has 138 valence electrons. The Morgan fingerprint density at radius 1 is 1.04 bits per heavy atom. The van der Waals surface area contributed by atoms with Gasteiger partial charge in [0.05, 0.1) is 18.7 Å². The number of rotatable bonds is 5. The van der Waals surface area contributed by atoms with Gasteiger partial charge in [0.2, 0.25) is 0 Å². The van der Waals surface area contributed by atoms with Crippen LogP contribution in [0.5, 0.6) is 11.5 Å². The Balaban J connectivity index is 1.96. The van der Waals surface area contributed by atoms with Crippen LogP contribution in [0.2, 0.25) is 0 Å². The number of H-pyrrole nitrogens is 1. The highest BCUT2D eigenvalue weighted by molar-refractivity contribution is 5.71. The summed E-state index contributed by atoms with van der Waals surface area (Å²) in [5.41, 5.74) is 2.94. The van der Waals surface area contributed by atoms with Crippen molar-refractivity contribution >= 4 is 0 Å². The minimum absolute atomic E-state index is 0.0646. The fraction of sp³-hybridized carbons (Fsp3) is 0.136. The van der Waals surface area contributed by atoms with Gasteiger partial charge in [0.25, 0.3) is 5.56 Å². The summed E-state index contributed by atoms with van der Waals surface area (Å²) in [5, 5.41) is 18.2. The summed E-state index contributed by atoms with van der Waals surface area (Å²) in [6.45, 7) is 2.00. The number of pyridine rings is 1. The number of ether oxygens (including phenoxy) is 2. The number of benzene rings is 2. The molecule has 0 saturated heterocycles. The lowest BCUT2D eigenvalue weighted by atomic mass is 9.99. The number of methoxy groups -OCH3 is 1. The van der Waals surface area contributed by atoms with E-state index in [1.807, 2.05) is 12.1 Å². The quantitative estimate of drug-likeness (QED) is 0.737. The van der Waals surface area contributed by atoms with Crippen molar-refractivity contribution in [2.75, 3.05) is 7.11 Å². The Kier molecular flexibility index (Phi) is 5.43. The highest BCUT2D eigenvalue weighted by atomic mass is 16.5. The Hall–Kier alpha value is -4.03. The number of hydrogen-bond donors (Lipinski definition) is 1. The summed E-state index contributed by atoms with van der Waals surface area (Å²) < 4.78 is 11.2. The smallest absolute Gasteiger partial charge is 0.266 e. The molecule has 1 heterocycles. The van der Waals surface area contributed by atoms with Crippen LogP contribution in [0.1, 0.15) is 22.4 Å². The highest BCUT2D eigenvalue weighted by Gasteiger charge is 2.13. The van der Waals surface area contributed by atoms with Gasteiger partial charge in [0.1, 0.15) is 29.7 Å². The molecule has 0 aliphatic rings. The Bertz CT molecular complexity index is 1150. The summed E-state index contributed by atoms with van der Waals surface area (Å²) in [7, 11) is 1.57. The zero-order valence-electron chi connectivity index (χ0n) is 15.4. The molecule has 28 heavy (non-hydrogen) atoms. The van der Waals surface area contributed by atoms with Crippen molar-refractivity contribution in [2.24, 2.45) is 0 Å². The molecule has 0 radical (unpaired) electrons. The number of nitrogens with zero attached hydrogens (tertiary/aromatic N) is 2. The van der Waals surface area contributed by atoms with Crippen molar-refractivity contribution in [1.29, 1.82) is 10.5 Å². The minimum Gasteiger partial charge on any atom is -0.496 e. The average molecular weight is 371 g/mol. The third-order valence-corrected chi connectivity index (χ3v) is 4.25. The van der Waals surface area contributed by atoms with Crippen LogP contribution in [-0.2, 0) is 6.61 Å². The molecule has 0 spiro atoms. The molecule has 0 bridgehead atoms. The number of aromatic amines is 1. The molecule has 2 aromatic carbocycles. The minimum atomic E-state index is -0.413. The van der Waals surface area contributed by atoms with E-state index in [0.717, 1.165) is 11.1 Å². The lowest BCUT2D eigenvalue weighted by Crippen LogP contribution is -2.12. The van der Waals surface area contributed by atoms with Crippen molar-refractivity contribution in [1.82, 2.24) is 4.98 Å². The molecule has 3 rings (SSSR count). The summed E-state index contributed by atoms with van der Waals surface area (Å²) in [4.78, 5) is 14.7. The second kappa shape index (κ2) is 8.11. The van der Waals surface area contributed by atoms with Gasteiger partial charge in [-0.15, -0.1) is 0 Å². The number of nitriles is 2. The normalized spacial score (nSPS) is 10.0. The highest BCUT2D eigenvalue weighted by Crippen LogP contribution is 2.29. The van der Waals surface area contributed by atoms with Crippen LogP contribution in [-0.4, -0.2) is 12.1 Å². The first kappa shape index (κ1) is 18.8. The molecule has 0 saturated carbocycles. The van der Waals surface area contributed by atoms with Crippen LogP contribution < -0.4 is 15.0 Å². The van der Waals surface area contributed by atoms with E-state index in [1.165, 1.54) is 0 Å². The van der Waals surface area contributed by atoms with Crippen molar-refractivity contribution in [3.8, 4) is 34.8 Å². The number of aryl methyl sites for hydroxylation is 1. The summed E-state index contributed by atoms with van der Waals surface area (Å²) in [5.74, 6) is 1.26. The van der Waals surface area contributed by atoms with Crippen LogP contribution in [0.25, 0.3) is 11.1 Å². The molecule has 0 atom stereocenters. The van der Waals surface area contributed by atoms with Gasteiger partial charge in [-0.25, -0.2) is 0 Å². The first-order valence-electron chi connectivity index (χ1n) is 8.50. The summed E-state index contributed by atoms with van der Waals surface area (Å²) in [6, 6.07) is 18.1. The molecular weight excluding hydrogens is 354 g/mol. The van der Waals surface area contributed by atoms with E-state index in [-0.39, 0.29) is 12.2 Å². The maximum atomic E-state index is 12.1. The van der Waals surface area contributed by atoms with E-state index in [4.69, 9.17) is 14.7 Å². The fourth-order valence-electron chi connectivity index (χ4n) is 2.87. The Morgan fingerprint density at radius 3 is 2.43 bits per heavy atom. The molecule has 0 amide bonds. The first-order valence-corrected chi connectivity index (χ1v) is 8.50. The molecule has 0 aliphatic carbocycles.